The number of halogens is 2. The van der Waals surface area contributed by atoms with Gasteiger partial charge in [0.1, 0.15) is 11.4 Å². The molecule has 0 aliphatic heterocycles. The number of hydrogen-bond acceptors (Lipinski definition) is 4. The van der Waals surface area contributed by atoms with Gasteiger partial charge in [0, 0.05) is 24.5 Å². The van der Waals surface area contributed by atoms with E-state index >= 15 is 0 Å². The SMILES string of the molecule is CCNC(=NCC(C)(O)c1cccs1)NCCNC(=O)Cc1cccc(F)c1.I. The highest BCUT2D eigenvalue weighted by Gasteiger charge is 2.23. The van der Waals surface area contributed by atoms with Gasteiger partial charge in [0.25, 0.3) is 0 Å². The van der Waals surface area contributed by atoms with Gasteiger partial charge in [-0.25, -0.2) is 9.38 Å². The standard InChI is InChI=1S/C20H27FN4O2S.HI/c1-3-22-19(25-14-20(2,27)17-8-5-11-28-17)24-10-9-23-18(26)13-15-6-4-7-16(21)12-15;/h4-8,11-12,27H,3,9-10,13-14H2,1-2H3,(H,23,26)(H2,22,24,25);1H. The molecule has 0 spiro atoms. The van der Waals surface area contributed by atoms with Crippen LogP contribution in [0.1, 0.15) is 24.3 Å². The Bertz CT molecular complexity index is 785. The van der Waals surface area contributed by atoms with Crippen LogP contribution in [0.4, 0.5) is 4.39 Å². The third-order valence-electron chi connectivity index (χ3n) is 3.93. The first-order valence-electron chi connectivity index (χ1n) is 9.20. The van der Waals surface area contributed by atoms with Crippen LogP contribution >= 0.6 is 35.3 Å². The molecule has 2 aromatic rings. The highest BCUT2D eigenvalue weighted by Crippen LogP contribution is 2.25. The summed E-state index contributed by atoms with van der Waals surface area (Å²) in [4.78, 5) is 17.2. The number of benzene rings is 1. The molecule has 1 aromatic heterocycles. The van der Waals surface area contributed by atoms with E-state index in [9.17, 15) is 14.3 Å². The second kappa shape index (κ2) is 12.8. The Morgan fingerprint density at radius 3 is 2.62 bits per heavy atom. The normalized spacial score (nSPS) is 13.2. The maximum Gasteiger partial charge on any atom is 0.224 e. The van der Waals surface area contributed by atoms with Crippen LogP contribution in [0.5, 0.6) is 0 Å². The van der Waals surface area contributed by atoms with E-state index in [4.69, 9.17) is 0 Å². The first kappa shape index (κ1) is 25.3. The Morgan fingerprint density at radius 2 is 1.97 bits per heavy atom. The number of nitrogens with one attached hydrogen (secondary N) is 3. The van der Waals surface area contributed by atoms with Crippen LogP contribution in [0.2, 0.25) is 0 Å². The van der Waals surface area contributed by atoms with E-state index in [1.54, 1.807) is 19.1 Å². The molecule has 29 heavy (non-hydrogen) atoms. The number of hydrogen-bond donors (Lipinski definition) is 4. The molecule has 0 aliphatic rings. The van der Waals surface area contributed by atoms with Crippen LogP contribution in [0.3, 0.4) is 0 Å². The summed E-state index contributed by atoms with van der Waals surface area (Å²) in [6.07, 6.45) is 0.135. The van der Waals surface area contributed by atoms with Gasteiger partial charge in [0.2, 0.25) is 5.91 Å². The molecule has 0 saturated carbocycles. The Balaban J connectivity index is 0.00000420. The molecule has 9 heteroatoms. The lowest BCUT2D eigenvalue weighted by atomic mass is 10.1. The predicted octanol–water partition coefficient (Wildman–Crippen LogP) is 2.63. The largest absolute Gasteiger partial charge is 0.383 e. The average Bonchev–Trinajstić information content (AvgIpc) is 3.19. The maximum atomic E-state index is 13.2. The number of carbonyl (C=O) groups is 1. The molecular weight excluding hydrogens is 506 g/mol. The molecule has 0 saturated heterocycles. The maximum absolute atomic E-state index is 13.2. The van der Waals surface area contributed by atoms with Gasteiger partial charge in [-0.1, -0.05) is 18.2 Å². The van der Waals surface area contributed by atoms with E-state index in [0.717, 1.165) is 4.88 Å². The Labute approximate surface area is 192 Å². The topological polar surface area (TPSA) is 85.8 Å². The molecule has 160 valence electrons. The van der Waals surface area contributed by atoms with Crippen molar-refractivity contribution in [1.29, 1.82) is 0 Å². The predicted molar refractivity (Wildman–Crippen MR) is 126 cm³/mol. The van der Waals surface area contributed by atoms with Crippen molar-refractivity contribution in [3.05, 3.63) is 58.0 Å². The van der Waals surface area contributed by atoms with Crippen molar-refractivity contribution >= 4 is 47.2 Å². The number of aliphatic hydroxyl groups is 1. The summed E-state index contributed by atoms with van der Waals surface area (Å²) >= 11 is 1.49. The van der Waals surface area contributed by atoms with E-state index < -0.39 is 5.60 Å². The summed E-state index contributed by atoms with van der Waals surface area (Å²) in [7, 11) is 0. The van der Waals surface area contributed by atoms with Crippen LogP contribution in [-0.2, 0) is 16.8 Å². The van der Waals surface area contributed by atoms with Crippen molar-refractivity contribution in [2.24, 2.45) is 4.99 Å². The van der Waals surface area contributed by atoms with Gasteiger partial charge < -0.3 is 21.1 Å². The highest BCUT2D eigenvalue weighted by atomic mass is 127. The number of aliphatic imine (C=N–C) groups is 1. The lowest BCUT2D eigenvalue weighted by molar-refractivity contribution is -0.120. The van der Waals surface area contributed by atoms with E-state index in [-0.39, 0.29) is 48.7 Å². The van der Waals surface area contributed by atoms with Crippen LogP contribution in [0, 0.1) is 5.82 Å². The van der Waals surface area contributed by atoms with Gasteiger partial charge in [-0.3, -0.25) is 4.79 Å². The van der Waals surface area contributed by atoms with E-state index in [1.165, 1.54) is 23.5 Å². The number of guanidine groups is 1. The number of rotatable bonds is 9. The monoisotopic (exact) mass is 534 g/mol. The fraction of sp³-hybridized carbons (Fsp3) is 0.400. The van der Waals surface area contributed by atoms with Crippen LogP contribution in [-0.4, -0.2) is 43.2 Å². The molecule has 4 N–H and O–H groups in total. The molecule has 1 atom stereocenters. The number of carbonyl (C=O) groups excluding carboxylic acids is 1. The lowest BCUT2D eigenvalue weighted by Gasteiger charge is -2.20. The lowest BCUT2D eigenvalue weighted by Crippen LogP contribution is -2.42. The zero-order valence-corrected chi connectivity index (χ0v) is 19.7. The van der Waals surface area contributed by atoms with Crippen molar-refractivity contribution in [3.8, 4) is 0 Å². The molecule has 0 bridgehead atoms. The second-order valence-corrected chi connectivity index (χ2v) is 7.48. The van der Waals surface area contributed by atoms with E-state index in [0.29, 0.717) is 31.2 Å². The molecule has 0 fully saturated rings. The van der Waals surface area contributed by atoms with E-state index in [2.05, 4.69) is 20.9 Å². The van der Waals surface area contributed by atoms with Crippen LogP contribution < -0.4 is 16.0 Å². The molecule has 1 amide bonds. The van der Waals surface area contributed by atoms with Gasteiger partial charge in [0.15, 0.2) is 5.96 Å². The molecule has 1 unspecified atom stereocenters. The highest BCUT2D eigenvalue weighted by molar-refractivity contribution is 14.0. The number of thiophene rings is 1. The van der Waals surface area contributed by atoms with Crippen LogP contribution in [0.15, 0.2) is 46.8 Å². The summed E-state index contributed by atoms with van der Waals surface area (Å²) < 4.78 is 13.2. The van der Waals surface area contributed by atoms with Crippen molar-refractivity contribution < 1.29 is 14.3 Å². The summed E-state index contributed by atoms with van der Waals surface area (Å²) in [5.74, 6) is 0.0468. The quantitative estimate of drug-likeness (QED) is 0.173. The fourth-order valence-electron chi connectivity index (χ4n) is 2.52. The minimum atomic E-state index is -1.03. The fourth-order valence-corrected chi connectivity index (χ4v) is 3.29. The molecule has 0 radical (unpaired) electrons. The molecular formula is C20H28FIN4O2S. The van der Waals surface area contributed by atoms with Crippen molar-refractivity contribution in [2.45, 2.75) is 25.9 Å². The molecule has 1 aromatic carbocycles. The number of amides is 1. The molecule has 2 rings (SSSR count). The molecule has 0 aliphatic carbocycles. The van der Waals surface area contributed by atoms with Gasteiger partial charge in [0.05, 0.1) is 13.0 Å². The first-order chi connectivity index (χ1) is 13.4. The summed E-state index contributed by atoms with van der Waals surface area (Å²) in [5.41, 5.74) is -0.397. The van der Waals surface area contributed by atoms with Crippen LogP contribution in [0.25, 0.3) is 0 Å². The van der Waals surface area contributed by atoms with Gasteiger partial charge in [-0.05, 0) is 43.0 Å². The summed E-state index contributed by atoms with van der Waals surface area (Å²) in [6.45, 7) is 5.46. The second-order valence-electron chi connectivity index (χ2n) is 6.53. The molecule has 1 heterocycles. The smallest absolute Gasteiger partial charge is 0.224 e. The third kappa shape index (κ3) is 9.09. The number of nitrogens with zero attached hydrogens (tertiary/aromatic N) is 1. The summed E-state index contributed by atoms with van der Waals surface area (Å²) in [6, 6.07) is 9.79. The third-order valence-corrected chi connectivity index (χ3v) is 5.06. The van der Waals surface area contributed by atoms with E-state index in [1.807, 2.05) is 24.4 Å². The summed E-state index contributed by atoms with van der Waals surface area (Å²) in [5, 5.41) is 21.5. The Kier molecular flexibility index (Phi) is 11.1. The average molecular weight is 534 g/mol. The van der Waals surface area contributed by atoms with Crippen molar-refractivity contribution in [2.75, 3.05) is 26.2 Å². The van der Waals surface area contributed by atoms with Gasteiger partial charge >= 0.3 is 0 Å². The zero-order chi connectivity index (χ0) is 20.4. The van der Waals surface area contributed by atoms with Gasteiger partial charge in [-0.15, -0.1) is 35.3 Å². The zero-order valence-electron chi connectivity index (χ0n) is 16.6. The Hall–Kier alpha value is -1.72. The minimum absolute atomic E-state index is 0. The van der Waals surface area contributed by atoms with Crippen molar-refractivity contribution in [1.82, 2.24) is 16.0 Å². The van der Waals surface area contributed by atoms with Gasteiger partial charge in [-0.2, -0.15) is 0 Å². The first-order valence-corrected chi connectivity index (χ1v) is 10.1. The molecule has 6 nitrogen and oxygen atoms in total. The minimum Gasteiger partial charge on any atom is -0.383 e. The van der Waals surface area contributed by atoms with Crippen molar-refractivity contribution in [3.63, 3.8) is 0 Å². The Morgan fingerprint density at radius 1 is 1.21 bits per heavy atom.